The van der Waals surface area contributed by atoms with Crippen LogP contribution in [-0.4, -0.2) is 37.4 Å². The van der Waals surface area contributed by atoms with Crippen molar-refractivity contribution < 1.29 is 24.2 Å². The summed E-state index contributed by atoms with van der Waals surface area (Å²) in [7, 11) is 1.00. The number of ether oxygens (including phenoxy) is 2. The third-order valence-electron chi connectivity index (χ3n) is 1.90. The molecule has 0 fully saturated rings. The van der Waals surface area contributed by atoms with Crippen molar-refractivity contribution in [2.45, 2.75) is 73.6 Å². The highest BCUT2D eigenvalue weighted by atomic mass is 16.5. The summed E-state index contributed by atoms with van der Waals surface area (Å²) < 4.78 is 8.81. The maximum atomic E-state index is 9.82. The number of esters is 2. The third kappa shape index (κ3) is 68.1. The van der Waals surface area contributed by atoms with E-state index in [1.54, 1.807) is 13.8 Å². The first-order chi connectivity index (χ1) is 9.95. The van der Waals surface area contributed by atoms with Crippen molar-refractivity contribution in [3.05, 3.63) is 0 Å². The predicted octanol–water partition coefficient (Wildman–Crippen LogP) is 3.72. The molecule has 0 atom stereocenters. The van der Waals surface area contributed by atoms with Gasteiger partial charge < -0.3 is 14.6 Å². The van der Waals surface area contributed by atoms with Crippen molar-refractivity contribution in [1.29, 1.82) is 0 Å². The lowest BCUT2D eigenvalue weighted by atomic mass is 10.2. The van der Waals surface area contributed by atoms with Crippen LogP contribution < -0.4 is 0 Å². The van der Waals surface area contributed by atoms with Crippen LogP contribution in [0.15, 0.2) is 0 Å². The van der Waals surface area contributed by atoms with Gasteiger partial charge in [0.15, 0.2) is 0 Å². The van der Waals surface area contributed by atoms with Crippen LogP contribution in [-0.2, 0) is 19.1 Å². The van der Waals surface area contributed by atoms with Crippen LogP contribution in [0, 0.1) is 0 Å². The smallest absolute Gasteiger partial charge is 0.302 e. The Bertz CT molecular complexity index is 173. The lowest BCUT2D eigenvalue weighted by Gasteiger charge is -1.90. The van der Waals surface area contributed by atoms with Gasteiger partial charge in [0.25, 0.3) is 0 Å². The molecule has 0 heterocycles. The highest BCUT2D eigenvalue weighted by molar-refractivity contribution is 5.66. The van der Waals surface area contributed by atoms with Crippen LogP contribution >= 0.6 is 0 Å². The summed E-state index contributed by atoms with van der Waals surface area (Å²) in [5.74, 6) is -0.421. The van der Waals surface area contributed by atoms with E-state index in [1.165, 1.54) is 46.0 Å². The van der Waals surface area contributed by atoms with Crippen molar-refractivity contribution in [3.8, 4) is 0 Å². The number of hydrogen-bond acceptors (Lipinski definition) is 5. The van der Waals surface area contributed by atoms with E-state index in [1.807, 2.05) is 0 Å². The molecule has 0 aromatic heterocycles. The summed E-state index contributed by atoms with van der Waals surface area (Å²) in [6.07, 6.45) is 7.01. The van der Waals surface area contributed by atoms with E-state index >= 15 is 0 Å². The molecule has 0 radical (unpaired) electrons. The van der Waals surface area contributed by atoms with Gasteiger partial charge in [-0.2, -0.15) is 0 Å². The second-order valence-corrected chi connectivity index (χ2v) is 3.91. The number of carbonyl (C=O) groups excluding carboxylic acids is 2. The monoisotopic (exact) mass is 308 g/mol. The number of hydrogen-bond donors (Lipinski definition) is 1. The van der Waals surface area contributed by atoms with Crippen LogP contribution in [0.3, 0.4) is 0 Å². The molecule has 1 N–H and O–H groups in total. The highest BCUT2D eigenvalue weighted by Gasteiger charge is 1.82. The fourth-order valence-electron chi connectivity index (χ4n) is 1.08. The maximum absolute atomic E-state index is 9.82. The SMILES string of the molecule is CCCCCCC.CCOC(C)=O.CCOC(C)=O.CO. The predicted molar refractivity (Wildman–Crippen MR) is 87.2 cm³/mol. The first kappa shape index (κ1) is 28.1. The number of aliphatic hydroxyl groups is 1. The number of unbranched alkanes of at least 4 members (excludes halogenated alkanes) is 4. The average molecular weight is 308 g/mol. The topological polar surface area (TPSA) is 72.8 Å². The summed E-state index contributed by atoms with van der Waals surface area (Å²) in [6, 6.07) is 0. The fourth-order valence-corrected chi connectivity index (χ4v) is 1.08. The number of rotatable bonds is 6. The van der Waals surface area contributed by atoms with E-state index in [9.17, 15) is 9.59 Å². The summed E-state index contributed by atoms with van der Waals surface area (Å²) in [5, 5.41) is 7.00. The molecule has 0 aromatic rings. The lowest BCUT2D eigenvalue weighted by molar-refractivity contribution is -0.141. The Kier molecular flexibility index (Phi) is 42.0. The molecule has 0 amide bonds. The zero-order valence-corrected chi connectivity index (χ0v) is 15.0. The van der Waals surface area contributed by atoms with Crippen LogP contribution in [0.2, 0.25) is 0 Å². The Morgan fingerprint density at radius 2 is 1.00 bits per heavy atom. The van der Waals surface area contributed by atoms with Gasteiger partial charge in [-0.1, -0.05) is 46.0 Å². The van der Waals surface area contributed by atoms with Gasteiger partial charge in [-0.3, -0.25) is 9.59 Å². The average Bonchev–Trinajstić information content (AvgIpc) is 2.43. The Hall–Kier alpha value is -1.10. The molecule has 0 bridgehead atoms. The van der Waals surface area contributed by atoms with Crippen molar-refractivity contribution >= 4 is 11.9 Å². The molecule has 5 nitrogen and oxygen atoms in total. The quantitative estimate of drug-likeness (QED) is 0.598. The van der Waals surface area contributed by atoms with Crippen LogP contribution in [0.5, 0.6) is 0 Å². The molecule has 5 heteroatoms. The Morgan fingerprint density at radius 3 is 1.10 bits per heavy atom. The van der Waals surface area contributed by atoms with Gasteiger partial charge in [-0.15, -0.1) is 0 Å². The number of carbonyl (C=O) groups is 2. The second kappa shape index (κ2) is 31.3. The van der Waals surface area contributed by atoms with Gasteiger partial charge in [0, 0.05) is 21.0 Å². The Labute approximate surface area is 131 Å². The molecule has 0 saturated heterocycles. The third-order valence-corrected chi connectivity index (χ3v) is 1.90. The molecule has 0 spiro atoms. The minimum Gasteiger partial charge on any atom is -0.466 e. The first-order valence-electron chi connectivity index (χ1n) is 7.67. The zero-order chi connectivity index (χ0) is 17.5. The van der Waals surface area contributed by atoms with Gasteiger partial charge in [0.05, 0.1) is 13.2 Å². The summed E-state index contributed by atoms with van der Waals surface area (Å²) in [4.78, 5) is 19.6. The maximum Gasteiger partial charge on any atom is 0.302 e. The fraction of sp³-hybridized carbons (Fsp3) is 0.875. The molecular weight excluding hydrogens is 272 g/mol. The molecule has 0 saturated carbocycles. The summed E-state index contributed by atoms with van der Waals surface area (Å²) in [5.41, 5.74) is 0. The molecule has 130 valence electrons. The van der Waals surface area contributed by atoms with Gasteiger partial charge >= 0.3 is 11.9 Å². The van der Waals surface area contributed by atoms with Crippen molar-refractivity contribution in [1.82, 2.24) is 0 Å². The van der Waals surface area contributed by atoms with Crippen LogP contribution in [0.25, 0.3) is 0 Å². The normalized spacial score (nSPS) is 7.81. The van der Waals surface area contributed by atoms with Crippen LogP contribution in [0.1, 0.15) is 73.6 Å². The lowest BCUT2D eigenvalue weighted by Crippen LogP contribution is -1.95. The van der Waals surface area contributed by atoms with Crippen molar-refractivity contribution in [2.75, 3.05) is 20.3 Å². The minimum atomic E-state index is -0.211. The van der Waals surface area contributed by atoms with E-state index < -0.39 is 0 Å². The summed E-state index contributed by atoms with van der Waals surface area (Å²) >= 11 is 0. The Balaban J connectivity index is -0.0000000976. The molecule has 0 aliphatic carbocycles. The highest BCUT2D eigenvalue weighted by Crippen LogP contribution is 2.00. The van der Waals surface area contributed by atoms with Crippen molar-refractivity contribution in [3.63, 3.8) is 0 Å². The van der Waals surface area contributed by atoms with Crippen molar-refractivity contribution in [2.24, 2.45) is 0 Å². The minimum absolute atomic E-state index is 0.211. The molecular formula is C16H36O5. The van der Waals surface area contributed by atoms with E-state index in [0.717, 1.165) is 7.11 Å². The molecule has 0 rings (SSSR count). The van der Waals surface area contributed by atoms with Gasteiger partial charge in [-0.05, 0) is 13.8 Å². The molecule has 0 aliphatic rings. The molecule has 0 unspecified atom stereocenters. The largest absolute Gasteiger partial charge is 0.466 e. The molecule has 21 heavy (non-hydrogen) atoms. The second-order valence-electron chi connectivity index (χ2n) is 3.91. The van der Waals surface area contributed by atoms with E-state index in [4.69, 9.17) is 5.11 Å². The zero-order valence-electron chi connectivity index (χ0n) is 15.0. The molecule has 0 aromatic carbocycles. The Morgan fingerprint density at radius 1 is 0.714 bits per heavy atom. The van der Waals surface area contributed by atoms with E-state index in [-0.39, 0.29) is 11.9 Å². The standard InChI is InChI=1S/C7H16.2C4H8O2.CH4O/c1-3-5-7-6-4-2;2*1-3-6-4(2)5;1-2/h3-7H2,1-2H3;2*3H2,1-2H3;2H,1H3. The van der Waals surface area contributed by atoms with Crippen LogP contribution in [0.4, 0.5) is 0 Å². The first-order valence-corrected chi connectivity index (χ1v) is 7.67. The number of aliphatic hydroxyl groups excluding tert-OH is 1. The van der Waals surface area contributed by atoms with Gasteiger partial charge in [-0.25, -0.2) is 0 Å². The molecule has 0 aliphatic heterocycles. The van der Waals surface area contributed by atoms with E-state index in [2.05, 4.69) is 23.3 Å². The summed E-state index contributed by atoms with van der Waals surface area (Å²) in [6.45, 7) is 11.8. The van der Waals surface area contributed by atoms with E-state index in [0.29, 0.717) is 13.2 Å². The van der Waals surface area contributed by atoms with Gasteiger partial charge in [0.2, 0.25) is 0 Å². The van der Waals surface area contributed by atoms with Gasteiger partial charge in [0.1, 0.15) is 0 Å².